The number of nitrogens with one attached hydrogen (secondary N) is 1. The smallest absolute Gasteiger partial charge is 0.326 e. The number of halogens is 1. The van der Waals surface area contributed by atoms with Crippen molar-refractivity contribution in [2.75, 3.05) is 19.7 Å². The number of rotatable bonds is 3. The maximum absolute atomic E-state index is 14.0. The lowest BCUT2D eigenvalue weighted by Crippen LogP contribution is -2.47. The van der Waals surface area contributed by atoms with Crippen LogP contribution in [0.25, 0.3) is 11.0 Å². The minimum Gasteiger partial charge on any atom is -0.373 e. The van der Waals surface area contributed by atoms with E-state index in [0.29, 0.717) is 17.1 Å². The summed E-state index contributed by atoms with van der Waals surface area (Å²) >= 11 is 0. The summed E-state index contributed by atoms with van der Waals surface area (Å²) in [7, 11) is 0. The molecule has 0 amide bonds. The van der Waals surface area contributed by atoms with Gasteiger partial charge in [0.2, 0.25) is 0 Å². The fraction of sp³-hybridized carbons (Fsp3) is 0.522. The molecule has 0 saturated carbocycles. The van der Waals surface area contributed by atoms with Crippen LogP contribution in [-0.2, 0) is 4.74 Å². The van der Waals surface area contributed by atoms with Crippen molar-refractivity contribution in [3.05, 3.63) is 58.3 Å². The van der Waals surface area contributed by atoms with Gasteiger partial charge in [-0.05, 0) is 56.2 Å². The van der Waals surface area contributed by atoms with Gasteiger partial charge in [-0.2, -0.15) is 0 Å². The van der Waals surface area contributed by atoms with Crippen LogP contribution in [0.3, 0.4) is 0 Å². The molecule has 1 aromatic carbocycles. The molecule has 5 nitrogen and oxygen atoms in total. The quantitative estimate of drug-likeness (QED) is 0.854. The van der Waals surface area contributed by atoms with Crippen molar-refractivity contribution in [2.24, 2.45) is 0 Å². The molecule has 2 fully saturated rings. The van der Waals surface area contributed by atoms with Gasteiger partial charge in [0, 0.05) is 31.8 Å². The molecule has 1 aromatic heterocycles. The van der Waals surface area contributed by atoms with E-state index in [4.69, 9.17) is 4.74 Å². The first kappa shape index (κ1) is 18.8. The van der Waals surface area contributed by atoms with Crippen molar-refractivity contribution in [2.45, 2.75) is 56.7 Å². The van der Waals surface area contributed by atoms with Crippen LogP contribution in [0.15, 0.2) is 46.8 Å². The average Bonchev–Trinajstić information content (AvgIpc) is 3.12. The first-order chi connectivity index (χ1) is 14.2. The fourth-order valence-electron chi connectivity index (χ4n) is 5.20. The number of aromatic nitrogens is 2. The molecule has 3 heterocycles. The van der Waals surface area contributed by atoms with Gasteiger partial charge in [-0.3, -0.25) is 4.57 Å². The van der Waals surface area contributed by atoms with E-state index in [1.165, 1.54) is 11.6 Å². The van der Waals surface area contributed by atoms with Crippen LogP contribution in [0, 0.1) is 5.82 Å². The molecule has 0 bridgehead atoms. The number of H-pyrrole nitrogens is 1. The predicted octanol–water partition coefficient (Wildman–Crippen LogP) is 3.93. The predicted molar refractivity (Wildman–Crippen MR) is 112 cm³/mol. The topological polar surface area (TPSA) is 50.3 Å². The minimum absolute atomic E-state index is 0.119. The molecule has 2 aromatic rings. The average molecular weight is 397 g/mol. The highest BCUT2D eigenvalue weighted by molar-refractivity contribution is 5.75. The Morgan fingerprint density at radius 3 is 2.76 bits per heavy atom. The molecule has 2 saturated heterocycles. The molecule has 5 rings (SSSR count). The Bertz CT molecular complexity index is 997. The zero-order chi connectivity index (χ0) is 19.8. The summed E-state index contributed by atoms with van der Waals surface area (Å²) in [5.41, 5.74) is 2.13. The normalized spacial score (nSPS) is 26.7. The summed E-state index contributed by atoms with van der Waals surface area (Å²) < 4.78 is 21.9. The maximum Gasteiger partial charge on any atom is 0.326 e. The lowest BCUT2D eigenvalue weighted by atomic mass is 9.91. The summed E-state index contributed by atoms with van der Waals surface area (Å²) in [5, 5.41) is 0. The lowest BCUT2D eigenvalue weighted by molar-refractivity contribution is -0.0150. The first-order valence-corrected chi connectivity index (χ1v) is 10.8. The highest BCUT2D eigenvalue weighted by Gasteiger charge is 2.32. The summed E-state index contributed by atoms with van der Waals surface area (Å²) in [6, 6.07) is 5.55. The van der Waals surface area contributed by atoms with Crippen molar-refractivity contribution in [3.8, 4) is 0 Å². The second-order valence-corrected chi connectivity index (χ2v) is 8.42. The summed E-state index contributed by atoms with van der Waals surface area (Å²) in [5.74, 6) is -0.366. The molecule has 2 atom stereocenters. The number of para-hydroxylation sites is 1. The Kier molecular flexibility index (Phi) is 5.14. The molecule has 1 N–H and O–H groups in total. The number of hydrogen-bond acceptors (Lipinski definition) is 3. The summed E-state index contributed by atoms with van der Waals surface area (Å²) in [6.07, 6.45) is 13.2. The van der Waals surface area contributed by atoms with E-state index < -0.39 is 0 Å². The SMILES string of the molecule is O=c1[nH]c2c(F)cccc2n1C1CCN(C2CCOC(C3=CCCC=C3)C2)CC1. The van der Waals surface area contributed by atoms with Gasteiger partial charge < -0.3 is 14.6 Å². The molecular formula is C23H28FN3O2. The standard InChI is InChI=1S/C23H28FN3O2/c24-19-7-4-8-20-22(19)25-23(28)27(20)17-9-12-26(13-10-17)18-11-14-29-21(15-18)16-5-2-1-3-6-16/h2,4-8,17-18,21H,1,3,9-15H2,(H,25,28). The highest BCUT2D eigenvalue weighted by atomic mass is 19.1. The first-order valence-electron chi connectivity index (χ1n) is 10.8. The Balaban J connectivity index is 1.27. The van der Waals surface area contributed by atoms with Crippen LogP contribution >= 0.6 is 0 Å². The van der Waals surface area contributed by atoms with Gasteiger partial charge in [-0.1, -0.05) is 24.3 Å². The molecule has 154 valence electrons. The number of allylic oxidation sites excluding steroid dienone is 2. The molecular weight excluding hydrogens is 369 g/mol. The Labute approximate surface area is 169 Å². The van der Waals surface area contributed by atoms with Gasteiger partial charge >= 0.3 is 5.69 Å². The van der Waals surface area contributed by atoms with Crippen LogP contribution in [0.5, 0.6) is 0 Å². The van der Waals surface area contributed by atoms with Crippen LogP contribution in [-0.4, -0.2) is 46.3 Å². The fourth-order valence-corrected chi connectivity index (χ4v) is 5.20. The van der Waals surface area contributed by atoms with E-state index in [1.807, 2.05) is 6.07 Å². The van der Waals surface area contributed by atoms with Crippen molar-refractivity contribution < 1.29 is 9.13 Å². The number of hydrogen-bond donors (Lipinski definition) is 1. The number of imidazole rings is 1. The molecule has 29 heavy (non-hydrogen) atoms. The van der Waals surface area contributed by atoms with Crippen LogP contribution in [0.1, 0.15) is 44.6 Å². The molecule has 2 aliphatic heterocycles. The number of ether oxygens (including phenoxy) is 1. The van der Waals surface area contributed by atoms with Gasteiger partial charge in [-0.25, -0.2) is 9.18 Å². The lowest BCUT2D eigenvalue weighted by Gasteiger charge is -2.41. The maximum atomic E-state index is 14.0. The van der Waals surface area contributed by atoms with E-state index in [0.717, 1.165) is 58.2 Å². The van der Waals surface area contributed by atoms with Gasteiger partial charge in [0.05, 0.1) is 11.6 Å². The second-order valence-electron chi connectivity index (χ2n) is 8.42. The van der Waals surface area contributed by atoms with Crippen LogP contribution in [0.4, 0.5) is 4.39 Å². The Morgan fingerprint density at radius 1 is 1.10 bits per heavy atom. The number of piperidine rings is 1. The van der Waals surface area contributed by atoms with Crippen LogP contribution < -0.4 is 5.69 Å². The van der Waals surface area contributed by atoms with E-state index in [1.54, 1.807) is 10.6 Å². The number of benzene rings is 1. The summed E-state index contributed by atoms with van der Waals surface area (Å²) in [4.78, 5) is 17.8. The second kappa shape index (κ2) is 7.92. The molecule has 1 aliphatic carbocycles. The van der Waals surface area contributed by atoms with Gasteiger partial charge in [0.25, 0.3) is 0 Å². The van der Waals surface area contributed by atoms with Crippen molar-refractivity contribution in [1.29, 1.82) is 0 Å². The molecule has 0 radical (unpaired) electrons. The molecule has 0 spiro atoms. The zero-order valence-corrected chi connectivity index (χ0v) is 16.6. The van der Waals surface area contributed by atoms with Gasteiger partial charge in [0.15, 0.2) is 0 Å². The summed E-state index contributed by atoms with van der Waals surface area (Å²) in [6.45, 7) is 2.73. The third-order valence-electron chi connectivity index (χ3n) is 6.73. The van der Waals surface area contributed by atoms with E-state index >= 15 is 0 Å². The van der Waals surface area contributed by atoms with E-state index in [2.05, 4.69) is 28.1 Å². The molecule has 2 unspecified atom stereocenters. The molecule has 3 aliphatic rings. The van der Waals surface area contributed by atoms with Crippen molar-refractivity contribution in [1.82, 2.24) is 14.5 Å². The monoisotopic (exact) mass is 397 g/mol. The van der Waals surface area contributed by atoms with Crippen molar-refractivity contribution in [3.63, 3.8) is 0 Å². The third kappa shape index (κ3) is 3.60. The number of aromatic amines is 1. The largest absolute Gasteiger partial charge is 0.373 e. The number of likely N-dealkylation sites (tertiary alicyclic amines) is 1. The van der Waals surface area contributed by atoms with Gasteiger partial charge in [-0.15, -0.1) is 0 Å². The molecule has 6 heteroatoms. The Hall–Kier alpha value is -2.18. The van der Waals surface area contributed by atoms with E-state index in [9.17, 15) is 9.18 Å². The van der Waals surface area contributed by atoms with Crippen LogP contribution in [0.2, 0.25) is 0 Å². The number of nitrogens with zero attached hydrogens (tertiary/aromatic N) is 2. The zero-order valence-electron chi connectivity index (χ0n) is 16.6. The minimum atomic E-state index is -0.366. The van der Waals surface area contributed by atoms with E-state index in [-0.39, 0.29) is 23.7 Å². The van der Waals surface area contributed by atoms with Crippen molar-refractivity contribution >= 4 is 11.0 Å². The van der Waals surface area contributed by atoms with Gasteiger partial charge in [0.1, 0.15) is 11.3 Å². The Morgan fingerprint density at radius 2 is 1.97 bits per heavy atom. The number of fused-ring (bicyclic) bond motifs is 1. The highest BCUT2D eigenvalue weighted by Crippen LogP contribution is 2.31. The third-order valence-corrected chi connectivity index (χ3v) is 6.73.